The van der Waals surface area contributed by atoms with E-state index >= 15 is 0 Å². The van der Waals surface area contributed by atoms with Crippen molar-refractivity contribution in [3.05, 3.63) is 39.3 Å². The summed E-state index contributed by atoms with van der Waals surface area (Å²) in [6, 6.07) is 5.03. The van der Waals surface area contributed by atoms with Crippen LogP contribution in [-0.4, -0.2) is 28.9 Å². The molecule has 0 radical (unpaired) electrons. The van der Waals surface area contributed by atoms with Gasteiger partial charge >= 0.3 is 0 Å². The van der Waals surface area contributed by atoms with Gasteiger partial charge in [0, 0.05) is 10.9 Å². The number of ether oxygens (including phenoxy) is 1. The number of nitrogens with zero attached hydrogens (tertiary/aromatic N) is 2. The Morgan fingerprint density at radius 2 is 2.29 bits per heavy atom. The van der Waals surface area contributed by atoms with Gasteiger partial charge in [-0.05, 0) is 41.1 Å². The number of hydrogen-bond acceptors (Lipinski definition) is 6. The van der Waals surface area contributed by atoms with Crippen molar-refractivity contribution in [2.45, 2.75) is 6.92 Å². The summed E-state index contributed by atoms with van der Waals surface area (Å²) in [6.45, 7) is 1.63. The van der Waals surface area contributed by atoms with Crippen molar-refractivity contribution in [3.8, 4) is 5.75 Å². The number of rotatable bonds is 4. The molecule has 21 heavy (non-hydrogen) atoms. The van der Waals surface area contributed by atoms with Gasteiger partial charge in [-0.1, -0.05) is 5.16 Å². The first kappa shape index (κ1) is 15.5. The van der Waals surface area contributed by atoms with Crippen LogP contribution >= 0.6 is 27.3 Å². The second-order valence-corrected chi connectivity index (χ2v) is 5.74. The Bertz CT molecular complexity index is 700. The van der Waals surface area contributed by atoms with Gasteiger partial charge in [0.15, 0.2) is 5.13 Å². The van der Waals surface area contributed by atoms with E-state index in [4.69, 9.17) is 9.94 Å². The van der Waals surface area contributed by atoms with E-state index in [1.807, 2.05) is 0 Å². The summed E-state index contributed by atoms with van der Waals surface area (Å²) in [5.74, 6) is 0.371. The maximum absolute atomic E-state index is 12.1. The summed E-state index contributed by atoms with van der Waals surface area (Å²) in [5.41, 5.74) is 1.39. The van der Waals surface area contributed by atoms with E-state index in [-0.39, 0.29) is 5.91 Å². The number of carbonyl (C=O) groups is 1. The number of halogens is 1. The SMILES string of the molecule is COc1ccc(C(=O)Nc2nc(C(C)=NO)cs2)cc1Br. The zero-order valence-corrected chi connectivity index (χ0v) is 13.7. The fourth-order valence-corrected chi connectivity index (χ4v) is 2.82. The van der Waals surface area contributed by atoms with Crippen LogP contribution in [0, 0.1) is 0 Å². The van der Waals surface area contributed by atoms with Crippen molar-refractivity contribution in [1.82, 2.24) is 4.98 Å². The summed E-state index contributed by atoms with van der Waals surface area (Å²) in [5, 5.41) is 16.6. The van der Waals surface area contributed by atoms with Crippen LogP contribution in [0.3, 0.4) is 0 Å². The van der Waals surface area contributed by atoms with Crippen molar-refractivity contribution in [1.29, 1.82) is 0 Å². The molecule has 0 saturated heterocycles. The fourth-order valence-electron chi connectivity index (χ4n) is 1.53. The van der Waals surface area contributed by atoms with Crippen LogP contribution in [0.1, 0.15) is 23.0 Å². The number of carbonyl (C=O) groups excluding carboxylic acids is 1. The van der Waals surface area contributed by atoms with Gasteiger partial charge in [-0.15, -0.1) is 11.3 Å². The number of amides is 1. The van der Waals surface area contributed by atoms with Crippen molar-refractivity contribution < 1.29 is 14.7 Å². The van der Waals surface area contributed by atoms with Gasteiger partial charge in [0.2, 0.25) is 0 Å². The number of methoxy groups -OCH3 is 1. The summed E-state index contributed by atoms with van der Waals surface area (Å²) in [4.78, 5) is 16.3. The molecule has 2 N–H and O–H groups in total. The van der Waals surface area contributed by atoms with Crippen LogP contribution in [0.2, 0.25) is 0 Å². The average Bonchev–Trinajstić information content (AvgIpc) is 2.94. The highest BCUT2D eigenvalue weighted by molar-refractivity contribution is 9.10. The average molecular weight is 370 g/mol. The van der Waals surface area contributed by atoms with E-state index in [0.717, 1.165) is 0 Å². The van der Waals surface area contributed by atoms with Crippen molar-refractivity contribution >= 4 is 44.0 Å². The molecule has 0 aliphatic heterocycles. The lowest BCUT2D eigenvalue weighted by atomic mass is 10.2. The number of thiazole rings is 1. The molecule has 0 atom stereocenters. The summed E-state index contributed by atoms with van der Waals surface area (Å²) in [7, 11) is 1.56. The van der Waals surface area contributed by atoms with Gasteiger partial charge in [-0.25, -0.2) is 4.98 Å². The number of benzene rings is 1. The Kier molecular flexibility index (Phi) is 4.92. The normalized spacial score (nSPS) is 11.3. The minimum Gasteiger partial charge on any atom is -0.496 e. The molecule has 0 saturated carbocycles. The second-order valence-electron chi connectivity index (χ2n) is 4.03. The standard InChI is InChI=1S/C13H12BrN3O3S/c1-7(17-19)10-6-21-13(15-10)16-12(18)8-3-4-11(20-2)9(14)5-8/h3-6,19H,1-2H3,(H,15,16,18). The molecule has 110 valence electrons. The molecular weight excluding hydrogens is 358 g/mol. The summed E-state index contributed by atoms with van der Waals surface area (Å²) >= 11 is 4.59. The van der Waals surface area contributed by atoms with E-state index < -0.39 is 0 Å². The topological polar surface area (TPSA) is 83.8 Å². The smallest absolute Gasteiger partial charge is 0.257 e. The molecule has 0 bridgehead atoms. The molecule has 0 fully saturated rings. The lowest BCUT2D eigenvalue weighted by Gasteiger charge is -2.06. The maximum Gasteiger partial charge on any atom is 0.257 e. The van der Waals surface area contributed by atoms with Gasteiger partial charge in [0.1, 0.15) is 17.2 Å². The molecule has 1 aromatic carbocycles. The van der Waals surface area contributed by atoms with Gasteiger partial charge in [0.25, 0.3) is 5.91 Å². The van der Waals surface area contributed by atoms with E-state index in [2.05, 4.69) is 31.4 Å². The minimum atomic E-state index is -0.280. The van der Waals surface area contributed by atoms with Gasteiger partial charge in [-0.3, -0.25) is 10.1 Å². The van der Waals surface area contributed by atoms with Gasteiger partial charge in [0.05, 0.1) is 11.6 Å². The molecule has 8 heteroatoms. The Morgan fingerprint density at radius 3 is 2.90 bits per heavy atom. The molecule has 6 nitrogen and oxygen atoms in total. The first-order chi connectivity index (χ1) is 10.0. The Morgan fingerprint density at radius 1 is 1.52 bits per heavy atom. The number of oxime groups is 1. The number of anilines is 1. The van der Waals surface area contributed by atoms with E-state index in [1.165, 1.54) is 11.3 Å². The predicted octanol–water partition coefficient (Wildman–Crippen LogP) is 3.36. The molecule has 0 spiro atoms. The lowest BCUT2D eigenvalue weighted by molar-refractivity contribution is 0.102. The molecule has 2 aromatic rings. The quantitative estimate of drug-likeness (QED) is 0.491. The van der Waals surface area contributed by atoms with Crippen LogP contribution in [0.25, 0.3) is 0 Å². The third kappa shape index (κ3) is 3.59. The lowest BCUT2D eigenvalue weighted by Crippen LogP contribution is -2.12. The Balaban J connectivity index is 2.14. The molecular formula is C13H12BrN3O3S. The third-order valence-electron chi connectivity index (χ3n) is 2.66. The molecule has 1 amide bonds. The monoisotopic (exact) mass is 369 g/mol. The van der Waals surface area contributed by atoms with Crippen LogP contribution in [0.4, 0.5) is 5.13 Å². The Hall–Kier alpha value is -1.93. The van der Waals surface area contributed by atoms with Crippen molar-refractivity contribution in [2.75, 3.05) is 12.4 Å². The van der Waals surface area contributed by atoms with Crippen LogP contribution in [-0.2, 0) is 0 Å². The van der Waals surface area contributed by atoms with E-state index in [0.29, 0.717) is 32.3 Å². The number of hydrogen-bond donors (Lipinski definition) is 2. The molecule has 0 aliphatic rings. The highest BCUT2D eigenvalue weighted by atomic mass is 79.9. The Labute approximate surface area is 133 Å². The molecule has 2 rings (SSSR count). The van der Waals surface area contributed by atoms with Gasteiger partial charge < -0.3 is 9.94 Å². The van der Waals surface area contributed by atoms with Crippen molar-refractivity contribution in [3.63, 3.8) is 0 Å². The second kappa shape index (κ2) is 6.68. The van der Waals surface area contributed by atoms with Crippen LogP contribution < -0.4 is 10.1 Å². The molecule has 0 aliphatic carbocycles. The van der Waals surface area contributed by atoms with Gasteiger partial charge in [-0.2, -0.15) is 0 Å². The predicted molar refractivity (Wildman–Crippen MR) is 84.8 cm³/mol. The van der Waals surface area contributed by atoms with Crippen molar-refractivity contribution in [2.24, 2.45) is 5.16 Å². The zero-order chi connectivity index (χ0) is 15.4. The summed E-state index contributed by atoms with van der Waals surface area (Å²) < 4.78 is 5.81. The maximum atomic E-state index is 12.1. The third-order valence-corrected chi connectivity index (χ3v) is 4.04. The molecule has 1 aromatic heterocycles. The fraction of sp³-hybridized carbons (Fsp3) is 0.154. The highest BCUT2D eigenvalue weighted by Crippen LogP contribution is 2.26. The van der Waals surface area contributed by atoms with Crippen LogP contribution in [0.15, 0.2) is 33.2 Å². The largest absolute Gasteiger partial charge is 0.496 e. The molecule has 1 heterocycles. The minimum absolute atomic E-state index is 0.280. The number of aromatic nitrogens is 1. The van der Waals surface area contributed by atoms with E-state index in [1.54, 1.807) is 37.6 Å². The van der Waals surface area contributed by atoms with E-state index in [9.17, 15) is 4.79 Å². The first-order valence-electron chi connectivity index (χ1n) is 5.84. The first-order valence-corrected chi connectivity index (χ1v) is 7.52. The zero-order valence-electron chi connectivity index (χ0n) is 11.3. The highest BCUT2D eigenvalue weighted by Gasteiger charge is 2.12. The summed E-state index contributed by atoms with van der Waals surface area (Å²) in [6.07, 6.45) is 0. The van der Waals surface area contributed by atoms with Crippen LogP contribution in [0.5, 0.6) is 5.75 Å². The number of nitrogens with one attached hydrogen (secondary N) is 1. The molecule has 0 unspecified atom stereocenters.